The third-order valence-electron chi connectivity index (χ3n) is 2.58. The Balaban J connectivity index is 2.32. The van der Waals surface area contributed by atoms with Gasteiger partial charge in [0.25, 0.3) is 10.0 Å². The molecule has 0 bridgehead atoms. The van der Waals surface area contributed by atoms with Crippen LogP contribution in [0.1, 0.15) is 12.0 Å². The van der Waals surface area contributed by atoms with Crippen LogP contribution in [0.5, 0.6) is 0 Å². The Bertz CT molecular complexity index is 452. The Hall–Kier alpha value is -0.430. The van der Waals surface area contributed by atoms with Crippen molar-refractivity contribution < 1.29 is 8.42 Å². The molecule has 1 saturated heterocycles. The lowest BCUT2D eigenvalue weighted by Gasteiger charge is -2.15. The fourth-order valence-electron chi connectivity index (χ4n) is 1.71. The van der Waals surface area contributed by atoms with Crippen LogP contribution in [0.4, 0.5) is 0 Å². The van der Waals surface area contributed by atoms with Gasteiger partial charge in [0.05, 0.1) is 0 Å². The molecular weight excluding hydrogens is 232 g/mol. The molecule has 15 heavy (non-hydrogen) atoms. The van der Waals surface area contributed by atoms with Gasteiger partial charge in [0.2, 0.25) is 0 Å². The van der Waals surface area contributed by atoms with Crippen molar-refractivity contribution in [3.63, 3.8) is 0 Å². The minimum atomic E-state index is -3.29. The molecule has 1 unspecified atom stereocenters. The molecule has 1 aliphatic heterocycles. The van der Waals surface area contributed by atoms with E-state index in [1.54, 1.807) is 5.38 Å². The van der Waals surface area contributed by atoms with Crippen molar-refractivity contribution >= 4 is 21.4 Å². The monoisotopic (exact) mass is 246 g/mol. The molecule has 4 nitrogen and oxygen atoms in total. The first-order valence-electron chi connectivity index (χ1n) is 4.81. The van der Waals surface area contributed by atoms with Gasteiger partial charge in [-0.1, -0.05) is 0 Å². The minimum absolute atomic E-state index is 0.0138. The molecule has 0 radical (unpaired) electrons. The molecule has 1 aliphatic rings. The van der Waals surface area contributed by atoms with Crippen LogP contribution >= 0.6 is 11.3 Å². The number of sulfonamides is 1. The zero-order valence-electron chi connectivity index (χ0n) is 8.51. The molecule has 2 heterocycles. The molecular formula is C9H14N2O2S2. The van der Waals surface area contributed by atoms with Crippen LogP contribution in [0.15, 0.2) is 15.7 Å². The van der Waals surface area contributed by atoms with Crippen molar-refractivity contribution in [2.24, 2.45) is 5.73 Å². The Kier molecular flexibility index (Phi) is 2.85. The van der Waals surface area contributed by atoms with E-state index in [-0.39, 0.29) is 6.04 Å². The van der Waals surface area contributed by atoms with Gasteiger partial charge in [-0.05, 0) is 30.4 Å². The first kappa shape index (κ1) is 11.1. The average Bonchev–Trinajstić information content (AvgIpc) is 2.74. The maximum atomic E-state index is 12.1. The number of thiophene rings is 1. The fraction of sp³-hybridized carbons (Fsp3) is 0.556. The third-order valence-corrected chi connectivity index (χ3v) is 6.11. The maximum absolute atomic E-state index is 12.1. The Morgan fingerprint density at radius 3 is 2.80 bits per heavy atom. The van der Waals surface area contributed by atoms with Gasteiger partial charge in [0, 0.05) is 19.1 Å². The summed E-state index contributed by atoms with van der Waals surface area (Å²) < 4.78 is 26.2. The number of rotatable bonds is 2. The van der Waals surface area contributed by atoms with Crippen LogP contribution in [-0.2, 0) is 10.0 Å². The summed E-state index contributed by atoms with van der Waals surface area (Å²) in [5, 5.41) is 1.80. The van der Waals surface area contributed by atoms with Crippen LogP contribution in [0, 0.1) is 6.92 Å². The van der Waals surface area contributed by atoms with E-state index in [4.69, 9.17) is 5.73 Å². The third kappa shape index (κ3) is 1.94. The first-order chi connectivity index (χ1) is 7.01. The maximum Gasteiger partial charge on any atom is 0.252 e. The van der Waals surface area contributed by atoms with Crippen LogP contribution < -0.4 is 5.73 Å². The molecule has 1 aromatic heterocycles. The molecule has 0 saturated carbocycles. The number of hydrogen-bond donors (Lipinski definition) is 1. The molecule has 1 aromatic rings. The van der Waals surface area contributed by atoms with Crippen LogP contribution in [0.2, 0.25) is 0 Å². The number of aryl methyl sites for hydroxylation is 1. The molecule has 1 atom stereocenters. The van der Waals surface area contributed by atoms with Crippen molar-refractivity contribution in [3.8, 4) is 0 Å². The number of nitrogens with two attached hydrogens (primary N) is 1. The number of hydrogen-bond acceptors (Lipinski definition) is 4. The van der Waals surface area contributed by atoms with Crippen LogP contribution in [0.3, 0.4) is 0 Å². The van der Waals surface area contributed by atoms with E-state index >= 15 is 0 Å². The minimum Gasteiger partial charge on any atom is -0.326 e. The number of nitrogens with zero attached hydrogens (tertiary/aromatic N) is 1. The predicted octanol–water partition coefficient (Wildman–Crippen LogP) is 0.778. The van der Waals surface area contributed by atoms with Gasteiger partial charge in [-0.3, -0.25) is 0 Å². The normalized spacial score (nSPS) is 23.5. The van der Waals surface area contributed by atoms with E-state index in [1.807, 2.05) is 13.0 Å². The molecule has 2 N–H and O–H groups in total. The highest BCUT2D eigenvalue weighted by Gasteiger charge is 2.32. The van der Waals surface area contributed by atoms with E-state index in [9.17, 15) is 8.42 Å². The molecule has 0 amide bonds. The zero-order chi connectivity index (χ0) is 11.1. The highest BCUT2D eigenvalue weighted by Crippen LogP contribution is 2.27. The van der Waals surface area contributed by atoms with E-state index in [0.29, 0.717) is 17.3 Å². The van der Waals surface area contributed by atoms with Crippen molar-refractivity contribution in [2.75, 3.05) is 13.1 Å². The second-order valence-electron chi connectivity index (χ2n) is 3.80. The van der Waals surface area contributed by atoms with Crippen LogP contribution in [-0.4, -0.2) is 31.9 Å². The summed E-state index contributed by atoms with van der Waals surface area (Å²) in [5.74, 6) is 0. The predicted molar refractivity (Wildman–Crippen MR) is 60.4 cm³/mol. The van der Waals surface area contributed by atoms with Gasteiger partial charge in [-0.25, -0.2) is 8.42 Å². The summed E-state index contributed by atoms with van der Waals surface area (Å²) in [6.07, 6.45) is 0.754. The highest BCUT2D eigenvalue weighted by atomic mass is 32.2. The molecule has 6 heteroatoms. The van der Waals surface area contributed by atoms with Crippen molar-refractivity contribution in [3.05, 3.63) is 17.0 Å². The second kappa shape index (κ2) is 3.86. The van der Waals surface area contributed by atoms with Crippen LogP contribution in [0.25, 0.3) is 0 Å². The van der Waals surface area contributed by atoms with E-state index in [2.05, 4.69) is 0 Å². The Morgan fingerprint density at radius 1 is 1.60 bits per heavy atom. The van der Waals surface area contributed by atoms with Gasteiger partial charge < -0.3 is 5.73 Å². The lowest BCUT2D eigenvalue weighted by atomic mass is 10.3. The molecule has 0 spiro atoms. The Morgan fingerprint density at radius 2 is 2.33 bits per heavy atom. The summed E-state index contributed by atoms with van der Waals surface area (Å²) in [7, 11) is -3.29. The van der Waals surface area contributed by atoms with Gasteiger partial charge >= 0.3 is 0 Å². The molecule has 0 aromatic carbocycles. The average molecular weight is 246 g/mol. The summed E-state index contributed by atoms with van der Waals surface area (Å²) >= 11 is 1.27. The van der Waals surface area contributed by atoms with Crippen molar-refractivity contribution in [1.82, 2.24) is 4.31 Å². The van der Waals surface area contributed by atoms with Gasteiger partial charge in [0.1, 0.15) is 4.21 Å². The topological polar surface area (TPSA) is 63.4 Å². The first-order valence-corrected chi connectivity index (χ1v) is 7.13. The zero-order valence-corrected chi connectivity index (χ0v) is 10.1. The summed E-state index contributed by atoms with van der Waals surface area (Å²) in [6, 6.07) is 1.81. The smallest absolute Gasteiger partial charge is 0.252 e. The van der Waals surface area contributed by atoms with E-state index < -0.39 is 10.0 Å². The lowest BCUT2D eigenvalue weighted by molar-refractivity contribution is 0.474. The van der Waals surface area contributed by atoms with Gasteiger partial charge in [-0.15, -0.1) is 11.3 Å². The molecule has 1 fully saturated rings. The SMILES string of the molecule is Cc1ccsc1S(=O)(=O)N1CCC(N)C1. The summed E-state index contributed by atoms with van der Waals surface area (Å²) in [5.41, 5.74) is 6.53. The quantitative estimate of drug-likeness (QED) is 0.838. The highest BCUT2D eigenvalue weighted by molar-refractivity contribution is 7.91. The van der Waals surface area contributed by atoms with Gasteiger partial charge in [-0.2, -0.15) is 4.31 Å². The molecule has 84 valence electrons. The fourth-order valence-corrected chi connectivity index (χ4v) is 4.77. The lowest BCUT2D eigenvalue weighted by Crippen LogP contribution is -2.31. The largest absolute Gasteiger partial charge is 0.326 e. The van der Waals surface area contributed by atoms with Crippen molar-refractivity contribution in [2.45, 2.75) is 23.6 Å². The summed E-state index contributed by atoms with van der Waals surface area (Å²) in [4.78, 5) is 0. The van der Waals surface area contributed by atoms with Gasteiger partial charge in [0.15, 0.2) is 0 Å². The second-order valence-corrected chi connectivity index (χ2v) is 6.85. The molecule has 0 aliphatic carbocycles. The van der Waals surface area contributed by atoms with E-state index in [1.165, 1.54) is 15.6 Å². The summed E-state index contributed by atoms with van der Waals surface area (Å²) in [6.45, 7) is 2.81. The van der Waals surface area contributed by atoms with E-state index in [0.717, 1.165) is 12.0 Å². The standard InChI is InChI=1S/C9H14N2O2S2/c1-7-3-5-14-9(7)15(12,13)11-4-2-8(10)6-11/h3,5,8H,2,4,6,10H2,1H3. The van der Waals surface area contributed by atoms with Crippen molar-refractivity contribution in [1.29, 1.82) is 0 Å². The molecule has 2 rings (SSSR count). The Labute approximate surface area is 93.8 Å².